The highest BCUT2D eigenvalue weighted by atomic mass is 16.6. The summed E-state index contributed by atoms with van der Waals surface area (Å²) in [5.41, 5.74) is 2.87. The van der Waals surface area contributed by atoms with E-state index in [4.69, 9.17) is 0 Å². The number of anilines is 2. The second kappa shape index (κ2) is 8.27. The molecule has 1 heterocycles. The first-order chi connectivity index (χ1) is 14.9. The van der Waals surface area contributed by atoms with E-state index in [1.165, 1.54) is 6.07 Å². The number of nitrogens with one attached hydrogen (secondary N) is 2. The van der Waals surface area contributed by atoms with Crippen molar-refractivity contribution in [1.29, 1.82) is 0 Å². The van der Waals surface area contributed by atoms with Gasteiger partial charge in [0.05, 0.1) is 22.0 Å². The van der Waals surface area contributed by atoms with Crippen LogP contribution in [0.2, 0.25) is 0 Å². The van der Waals surface area contributed by atoms with Gasteiger partial charge in [0, 0.05) is 24.4 Å². The van der Waals surface area contributed by atoms with Crippen LogP contribution in [0, 0.1) is 10.1 Å². The molecule has 1 unspecified atom stereocenters. The molecule has 0 spiro atoms. The summed E-state index contributed by atoms with van der Waals surface area (Å²) in [5.74, 6) is 0.292. The fourth-order valence-electron chi connectivity index (χ4n) is 3.50. The van der Waals surface area contributed by atoms with Crippen molar-refractivity contribution < 1.29 is 9.72 Å². The smallest absolute Gasteiger partial charge is 0.293 e. The summed E-state index contributed by atoms with van der Waals surface area (Å²) in [6.45, 7) is 1.83. The van der Waals surface area contributed by atoms with Crippen LogP contribution >= 0.6 is 0 Å². The molecule has 1 atom stereocenters. The van der Waals surface area contributed by atoms with Crippen molar-refractivity contribution in [2.24, 2.45) is 7.05 Å². The van der Waals surface area contributed by atoms with Gasteiger partial charge in [-0.3, -0.25) is 14.9 Å². The number of fused-ring (bicyclic) bond motifs is 1. The molecule has 1 aromatic heterocycles. The number of benzene rings is 3. The van der Waals surface area contributed by atoms with Gasteiger partial charge >= 0.3 is 0 Å². The van der Waals surface area contributed by atoms with Gasteiger partial charge in [0.15, 0.2) is 0 Å². The molecule has 2 N–H and O–H groups in total. The topological polar surface area (TPSA) is 102 Å². The van der Waals surface area contributed by atoms with E-state index in [0.717, 1.165) is 16.7 Å². The van der Waals surface area contributed by atoms with Crippen molar-refractivity contribution in [2.45, 2.75) is 13.0 Å². The van der Waals surface area contributed by atoms with Crippen LogP contribution < -0.4 is 10.6 Å². The number of para-hydroxylation sites is 3. The molecule has 0 aliphatic carbocycles. The lowest BCUT2D eigenvalue weighted by molar-refractivity contribution is -0.383. The van der Waals surface area contributed by atoms with E-state index in [1.807, 2.05) is 73.1 Å². The third kappa shape index (κ3) is 4.09. The van der Waals surface area contributed by atoms with Crippen molar-refractivity contribution >= 4 is 34.0 Å². The first kappa shape index (κ1) is 20.1. The molecule has 8 heteroatoms. The molecule has 8 nitrogen and oxygen atoms in total. The van der Waals surface area contributed by atoms with Crippen molar-refractivity contribution in [3.8, 4) is 0 Å². The van der Waals surface area contributed by atoms with Crippen molar-refractivity contribution in [2.75, 3.05) is 5.32 Å². The molecular weight excluding hydrogens is 394 g/mol. The Morgan fingerprint density at radius 1 is 1.06 bits per heavy atom. The van der Waals surface area contributed by atoms with E-state index in [9.17, 15) is 14.9 Å². The number of aryl methyl sites for hydroxylation is 1. The number of amides is 1. The van der Waals surface area contributed by atoms with Gasteiger partial charge in [0.2, 0.25) is 0 Å². The molecule has 1 amide bonds. The van der Waals surface area contributed by atoms with Crippen LogP contribution in [-0.2, 0) is 7.05 Å². The van der Waals surface area contributed by atoms with Gasteiger partial charge in [-0.25, -0.2) is 4.98 Å². The highest BCUT2D eigenvalue weighted by Crippen LogP contribution is 2.29. The van der Waals surface area contributed by atoms with Crippen LogP contribution in [0.3, 0.4) is 0 Å². The Bertz CT molecular complexity index is 1270. The number of hydrogen-bond donors (Lipinski definition) is 2. The van der Waals surface area contributed by atoms with Gasteiger partial charge in [-0.1, -0.05) is 30.3 Å². The number of nitro benzene ring substituents is 1. The average molecular weight is 415 g/mol. The Morgan fingerprint density at radius 3 is 2.48 bits per heavy atom. The second-order valence-electron chi connectivity index (χ2n) is 7.19. The SMILES string of the molecule is CC(NC(=O)c1ccc(Nc2ccccc2)c([N+](=O)[O-])c1)c1nc2ccccc2n1C. The van der Waals surface area contributed by atoms with E-state index in [2.05, 4.69) is 15.6 Å². The fourth-order valence-corrected chi connectivity index (χ4v) is 3.50. The molecular formula is C23H21N5O3. The number of carbonyl (C=O) groups excluding carboxylic acids is 1. The molecule has 3 aromatic carbocycles. The minimum Gasteiger partial charge on any atom is -0.350 e. The highest BCUT2D eigenvalue weighted by Gasteiger charge is 2.21. The van der Waals surface area contributed by atoms with Crippen LogP contribution in [0.5, 0.6) is 0 Å². The van der Waals surface area contributed by atoms with Gasteiger partial charge in [-0.15, -0.1) is 0 Å². The maximum Gasteiger partial charge on any atom is 0.293 e. The zero-order chi connectivity index (χ0) is 22.0. The third-order valence-corrected chi connectivity index (χ3v) is 5.07. The fraction of sp³-hybridized carbons (Fsp3) is 0.130. The van der Waals surface area contributed by atoms with Gasteiger partial charge in [-0.05, 0) is 43.3 Å². The molecule has 0 bridgehead atoms. The predicted octanol–water partition coefficient (Wildman–Crippen LogP) is 4.72. The number of rotatable bonds is 6. The van der Waals surface area contributed by atoms with Gasteiger partial charge in [0.1, 0.15) is 11.5 Å². The lowest BCUT2D eigenvalue weighted by Gasteiger charge is -2.14. The Morgan fingerprint density at radius 2 is 1.77 bits per heavy atom. The van der Waals surface area contributed by atoms with E-state index in [0.29, 0.717) is 11.5 Å². The summed E-state index contributed by atoms with van der Waals surface area (Å²) >= 11 is 0. The lowest BCUT2D eigenvalue weighted by atomic mass is 10.1. The Kier molecular flexibility index (Phi) is 5.36. The van der Waals surface area contributed by atoms with Crippen LogP contribution in [-0.4, -0.2) is 20.4 Å². The Hall–Kier alpha value is -4.20. The van der Waals surface area contributed by atoms with Gasteiger partial charge in [-0.2, -0.15) is 0 Å². The number of imidazole rings is 1. The number of hydrogen-bond acceptors (Lipinski definition) is 5. The number of nitrogens with zero attached hydrogens (tertiary/aromatic N) is 3. The molecule has 0 saturated carbocycles. The van der Waals surface area contributed by atoms with E-state index < -0.39 is 10.8 Å². The zero-order valence-electron chi connectivity index (χ0n) is 17.1. The summed E-state index contributed by atoms with van der Waals surface area (Å²) in [6.07, 6.45) is 0. The largest absolute Gasteiger partial charge is 0.350 e. The molecule has 0 aliphatic heterocycles. The van der Waals surface area contributed by atoms with Crippen molar-refractivity contribution in [3.05, 3.63) is 94.3 Å². The van der Waals surface area contributed by atoms with E-state index in [-0.39, 0.29) is 17.3 Å². The summed E-state index contributed by atoms with van der Waals surface area (Å²) < 4.78 is 1.93. The lowest BCUT2D eigenvalue weighted by Crippen LogP contribution is -2.28. The molecule has 31 heavy (non-hydrogen) atoms. The van der Waals surface area contributed by atoms with E-state index in [1.54, 1.807) is 12.1 Å². The molecule has 0 saturated heterocycles. The number of aromatic nitrogens is 2. The summed E-state index contributed by atoms with van der Waals surface area (Å²) in [4.78, 5) is 28.5. The average Bonchev–Trinajstić information content (AvgIpc) is 3.11. The summed E-state index contributed by atoms with van der Waals surface area (Å²) in [7, 11) is 1.89. The maximum absolute atomic E-state index is 12.8. The minimum atomic E-state index is -0.503. The molecule has 0 radical (unpaired) electrons. The molecule has 0 aliphatic rings. The Balaban J connectivity index is 1.57. The Labute approximate surface area is 178 Å². The van der Waals surface area contributed by atoms with Crippen LogP contribution in [0.4, 0.5) is 17.1 Å². The normalized spacial score (nSPS) is 11.8. The first-order valence-corrected chi connectivity index (χ1v) is 9.77. The standard InChI is InChI=1S/C23H21N5O3/c1-15(22-26-18-10-6-7-11-20(18)27(22)2)24-23(29)16-12-13-19(21(14-16)28(30)31)25-17-8-4-3-5-9-17/h3-15,25H,1-2H3,(H,24,29). The number of carbonyl (C=O) groups is 1. The maximum atomic E-state index is 12.8. The van der Waals surface area contributed by atoms with Crippen molar-refractivity contribution in [3.63, 3.8) is 0 Å². The number of nitro groups is 1. The highest BCUT2D eigenvalue weighted by molar-refractivity contribution is 5.96. The molecule has 156 valence electrons. The third-order valence-electron chi connectivity index (χ3n) is 5.07. The van der Waals surface area contributed by atoms with Gasteiger partial charge < -0.3 is 15.2 Å². The quantitative estimate of drug-likeness (QED) is 0.351. The van der Waals surface area contributed by atoms with E-state index >= 15 is 0 Å². The first-order valence-electron chi connectivity index (χ1n) is 9.77. The van der Waals surface area contributed by atoms with Crippen LogP contribution in [0.25, 0.3) is 11.0 Å². The van der Waals surface area contributed by atoms with Crippen LogP contribution in [0.1, 0.15) is 29.1 Å². The molecule has 0 fully saturated rings. The summed E-state index contributed by atoms with van der Waals surface area (Å²) in [5, 5.41) is 17.5. The monoisotopic (exact) mass is 415 g/mol. The van der Waals surface area contributed by atoms with Crippen molar-refractivity contribution in [1.82, 2.24) is 14.9 Å². The minimum absolute atomic E-state index is 0.174. The predicted molar refractivity (Wildman–Crippen MR) is 119 cm³/mol. The van der Waals surface area contributed by atoms with Gasteiger partial charge in [0.25, 0.3) is 11.6 Å². The van der Waals surface area contributed by atoms with Crippen LogP contribution in [0.15, 0.2) is 72.8 Å². The summed E-state index contributed by atoms with van der Waals surface area (Å²) in [6, 6.07) is 20.9. The molecule has 4 rings (SSSR count). The zero-order valence-corrected chi connectivity index (χ0v) is 17.1. The molecule has 4 aromatic rings. The second-order valence-corrected chi connectivity index (χ2v) is 7.19.